The Bertz CT molecular complexity index is 802. The standard InChI is InChI=1S/C17H17ClFN3OS/c1-2-22-7-6-9-12(8-22)24-17-13(9)16(23)20-15(21-17)14-10(18)4-3-5-11(14)19/h3-5,15,21H,2,6-8H2,1H3,(H,20,23)/t15-/m0/s1. The predicted molar refractivity (Wildman–Crippen MR) is 94.2 cm³/mol. The van der Waals surface area contributed by atoms with Gasteiger partial charge in [-0.15, -0.1) is 11.3 Å². The monoisotopic (exact) mass is 365 g/mol. The number of halogens is 2. The zero-order valence-electron chi connectivity index (χ0n) is 13.2. The minimum atomic E-state index is -0.652. The molecule has 0 saturated heterocycles. The normalized spacial score (nSPS) is 20.1. The molecular formula is C17H17ClFN3OS. The van der Waals surface area contributed by atoms with Gasteiger partial charge in [-0.05, 0) is 30.7 Å². The number of carbonyl (C=O) groups is 1. The highest BCUT2D eigenvalue weighted by Crippen LogP contribution is 2.41. The van der Waals surface area contributed by atoms with Gasteiger partial charge in [0.15, 0.2) is 0 Å². The molecule has 24 heavy (non-hydrogen) atoms. The van der Waals surface area contributed by atoms with Crippen molar-refractivity contribution < 1.29 is 9.18 Å². The van der Waals surface area contributed by atoms with Gasteiger partial charge in [-0.3, -0.25) is 9.69 Å². The summed E-state index contributed by atoms with van der Waals surface area (Å²) in [6, 6.07) is 4.53. The number of benzene rings is 1. The Hall–Kier alpha value is -1.63. The van der Waals surface area contributed by atoms with Crippen LogP contribution in [0.3, 0.4) is 0 Å². The molecule has 3 heterocycles. The van der Waals surface area contributed by atoms with Crippen molar-refractivity contribution in [3.63, 3.8) is 0 Å². The van der Waals surface area contributed by atoms with Gasteiger partial charge in [0.1, 0.15) is 17.0 Å². The second kappa shape index (κ2) is 6.02. The Morgan fingerprint density at radius 2 is 2.25 bits per heavy atom. The van der Waals surface area contributed by atoms with Gasteiger partial charge in [-0.1, -0.05) is 24.6 Å². The Balaban J connectivity index is 1.71. The molecule has 2 aromatic rings. The highest BCUT2D eigenvalue weighted by molar-refractivity contribution is 7.16. The summed E-state index contributed by atoms with van der Waals surface area (Å²) in [6.07, 6.45) is 0.218. The summed E-state index contributed by atoms with van der Waals surface area (Å²) >= 11 is 7.73. The van der Waals surface area contributed by atoms with Gasteiger partial charge in [0, 0.05) is 23.5 Å². The molecule has 7 heteroatoms. The Kier molecular flexibility index (Phi) is 3.98. The first-order valence-corrected chi connectivity index (χ1v) is 9.16. The summed E-state index contributed by atoms with van der Waals surface area (Å²) in [5.74, 6) is -0.585. The first-order valence-electron chi connectivity index (χ1n) is 7.96. The van der Waals surface area contributed by atoms with Crippen LogP contribution in [0.2, 0.25) is 5.02 Å². The molecule has 2 N–H and O–H groups in total. The van der Waals surface area contributed by atoms with Crippen LogP contribution in [0.4, 0.5) is 9.39 Å². The van der Waals surface area contributed by atoms with Crippen molar-refractivity contribution in [2.45, 2.75) is 26.1 Å². The minimum absolute atomic E-state index is 0.157. The summed E-state index contributed by atoms with van der Waals surface area (Å²) in [5, 5.41) is 7.22. The fraction of sp³-hybridized carbons (Fsp3) is 0.353. The van der Waals surface area contributed by atoms with Crippen molar-refractivity contribution >= 4 is 33.8 Å². The molecule has 0 saturated carbocycles. The van der Waals surface area contributed by atoms with Gasteiger partial charge in [0.2, 0.25) is 0 Å². The maximum atomic E-state index is 14.2. The van der Waals surface area contributed by atoms with Crippen molar-refractivity contribution in [2.24, 2.45) is 0 Å². The smallest absolute Gasteiger partial charge is 0.256 e. The van der Waals surface area contributed by atoms with E-state index in [1.54, 1.807) is 23.5 Å². The van der Waals surface area contributed by atoms with E-state index >= 15 is 0 Å². The third-order valence-electron chi connectivity index (χ3n) is 4.65. The molecule has 2 aliphatic rings. The number of carbonyl (C=O) groups excluding carboxylic acids is 1. The molecule has 1 aromatic carbocycles. The molecule has 2 aliphatic heterocycles. The van der Waals surface area contributed by atoms with Crippen LogP contribution in [0.15, 0.2) is 18.2 Å². The minimum Gasteiger partial charge on any atom is -0.352 e. The van der Waals surface area contributed by atoms with E-state index in [2.05, 4.69) is 22.5 Å². The van der Waals surface area contributed by atoms with Crippen molar-refractivity contribution in [3.05, 3.63) is 50.6 Å². The van der Waals surface area contributed by atoms with Crippen LogP contribution in [0, 0.1) is 5.82 Å². The van der Waals surface area contributed by atoms with Gasteiger partial charge in [0.05, 0.1) is 10.6 Å². The number of nitrogens with one attached hydrogen (secondary N) is 2. The Morgan fingerprint density at radius 3 is 3.00 bits per heavy atom. The van der Waals surface area contributed by atoms with Crippen LogP contribution in [0.25, 0.3) is 0 Å². The predicted octanol–water partition coefficient (Wildman–Crippen LogP) is 3.77. The van der Waals surface area contributed by atoms with Crippen LogP contribution in [0.1, 0.15) is 39.5 Å². The van der Waals surface area contributed by atoms with Crippen molar-refractivity contribution in [2.75, 3.05) is 18.4 Å². The van der Waals surface area contributed by atoms with Crippen molar-refractivity contribution in [3.8, 4) is 0 Å². The summed E-state index contributed by atoms with van der Waals surface area (Å²) in [5.41, 5.74) is 2.12. The molecule has 1 aromatic heterocycles. The lowest BCUT2D eigenvalue weighted by Gasteiger charge is -2.28. The van der Waals surface area contributed by atoms with E-state index < -0.39 is 12.0 Å². The second-order valence-electron chi connectivity index (χ2n) is 6.01. The first-order chi connectivity index (χ1) is 11.6. The van der Waals surface area contributed by atoms with E-state index in [-0.39, 0.29) is 11.5 Å². The molecule has 0 aliphatic carbocycles. The maximum absolute atomic E-state index is 14.2. The number of amides is 1. The molecule has 0 unspecified atom stereocenters. The highest BCUT2D eigenvalue weighted by Gasteiger charge is 2.34. The average Bonchev–Trinajstić information content (AvgIpc) is 2.92. The zero-order chi connectivity index (χ0) is 16.8. The largest absolute Gasteiger partial charge is 0.352 e. The molecule has 1 atom stereocenters. The molecule has 1 amide bonds. The van der Waals surface area contributed by atoms with E-state index in [1.165, 1.54) is 10.9 Å². The van der Waals surface area contributed by atoms with E-state index in [0.29, 0.717) is 5.02 Å². The number of hydrogen-bond donors (Lipinski definition) is 2. The molecular weight excluding hydrogens is 349 g/mol. The van der Waals surface area contributed by atoms with Crippen molar-refractivity contribution in [1.82, 2.24) is 10.2 Å². The fourth-order valence-corrected chi connectivity index (χ4v) is 4.96. The number of anilines is 1. The summed E-state index contributed by atoms with van der Waals surface area (Å²) in [6.45, 7) is 4.96. The number of rotatable bonds is 2. The van der Waals surface area contributed by atoms with Crippen LogP contribution in [-0.2, 0) is 13.0 Å². The third kappa shape index (κ3) is 2.49. The second-order valence-corrected chi connectivity index (χ2v) is 7.53. The molecule has 0 radical (unpaired) electrons. The number of likely N-dealkylation sites (N-methyl/N-ethyl adjacent to an activating group) is 1. The summed E-state index contributed by atoms with van der Waals surface area (Å²) < 4.78 is 14.2. The quantitative estimate of drug-likeness (QED) is 0.851. The molecule has 0 bridgehead atoms. The lowest BCUT2D eigenvalue weighted by Crippen LogP contribution is -2.39. The van der Waals surface area contributed by atoms with Gasteiger partial charge < -0.3 is 10.6 Å². The SMILES string of the molecule is CCN1CCc2c(sc3c2C(=O)N[C@H](c2c(F)cccc2Cl)N3)C1. The lowest BCUT2D eigenvalue weighted by atomic mass is 10.0. The summed E-state index contributed by atoms with van der Waals surface area (Å²) in [7, 11) is 0. The van der Waals surface area contributed by atoms with Gasteiger partial charge in [0.25, 0.3) is 5.91 Å². The van der Waals surface area contributed by atoms with E-state index in [9.17, 15) is 9.18 Å². The van der Waals surface area contributed by atoms with Gasteiger partial charge >= 0.3 is 0 Å². The van der Waals surface area contributed by atoms with Crippen LogP contribution >= 0.6 is 22.9 Å². The first kappa shape index (κ1) is 15.9. The van der Waals surface area contributed by atoms with Gasteiger partial charge in [-0.2, -0.15) is 0 Å². The fourth-order valence-electron chi connectivity index (χ4n) is 3.37. The van der Waals surface area contributed by atoms with Crippen LogP contribution < -0.4 is 10.6 Å². The topological polar surface area (TPSA) is 44.4 Å². The molecule has 4 nitrogen and oxygen atoms in total. The maximum Gasteiger partial charge on any atom is 0.256 e. The van der Waals surface area contributed by atoms with E-state index in [0.717, 1.165) is 42.2 Å². The van der Waals surface area contributed by atoms with E-state index in [4.69, 9.17) is 11.6 Å². The van der Waals surface area contributed by atoms with E-state index in [1.807, 2.05) is 0 Å². The number of nitrogens with zero attached hydrogens (tertiary/aromatic N) is 1. The zero-order valence-corrected chi connectivity index (χ0v) is 14.7. The third-order valence-corrected chi connectivity index (χ3v) is 6.13. The number of fused-ring (bicyclic) bond motifs is 3. The van der Waals surface area contributed by atoms with Gasteiger partial charge in [-0.25, -0.2) is 4.39 Å². The average molecular weight is 366 g/mol. The summed E-state index contributed by atoms with van der Waals surface area (Å²) in [4.78, 5) is 16.2. The Labute approximate surface area is 148 Å². The Morgan fingerprint density at radius 1 is 1.42 bits per heavy atom. The van der Waals surface area contributed by atoms with Crippen LogP contribution in [-0.4, -0.2) is 23.9 Å². The number of hydrogen-bond acceptors (Lipinski definition) is 4. The lowest BCUT2D eigenvalue weighted by molar-refractivity contribution is 0.0934. The number of thiophene rings is 1. The molecule has 4 rings (SSSR count). The highest BCUT2D eigenvalue weighted by atomic mass is 35.5. The molecule has 126 valence electrons. The van der Waals surface area contributed by atoms with Crippen LogP contribution in [0.5, 0.6) is 0 Å². The van der Waals surface area contributed by atoms with Crippen molar-refractivity contribution in [1.29, 1.82) is 0 Å². The molecule has 0 fully saturated rings. The molecule has 0 spiro atoms.